The summed E-state index contributed by atoms with van der Waals surface area (Å²) in [6.07, 6.45) is 10.2. The van der Waals surface area contributed by atoms with Crippen molar-refractivity contribution in [2.75, 3.05) is 26.2 Å². The number of hydrogen-bond acceptors (Lipinski definition) is 2. The molecule has 0 aromatic heterocycles. The molecule has 2 fully saturated rings. The second kappa shape index (κ2) is 7.08. The van der Waals surface area contributed by atoms with Crippen LogP contribution in [0.25, 0.3) is 0 Å². The summed E-state index contributed by atoms with van der Waals surface area (Å²) in [6, 6.07) is 0.733. The molecule has 1 N–H and O–H groups in total. The third-order valence-electron chi connectivity index (χ3n) is 4.67. The molecule has 0 aromatic carbocycles. The fraction of sp³-hybridized carbons (Fsp3) is 1.00. The highest BCUT2D eigenvalue weighted by Crippen LogP contribution is 2.25. The van der Waals surface area contributed by atoms with Crippen molar-refractivity contribution in [3.63, 3.8) is 0 Å². The zero-order valence-electron chi connectivity index (χ0n) is 13.4. The summed E-state index contributed by atoms with van der Waals surface area (Å²) < 4.78 is 0. The SMILES string of the molecule is CC(C)(C)CNC1CCCN(CC2CCCCC2)C1. The molecule has 2 aliphatic rings. The lowest BCUT2D eigenvalue weighted by Gasteiger charge is -2.37. The molecule has 2 nitrogen and oxygen atoms in total. The lowest BCUT2D eigenvalue weighted by atomic mass is 9.88. The van der Waals surface area contributed by atoms with Gasteiger partial charge in [-0.1, -0.05) is 40.0 Å². The predicted octanol–water partition coefficient (Wildman–Crippen LogP) is 3.67. The molecule has 19 heavy (non-hydrogen) atoms. The first-order valence-electron chi connectivity index (χ1n) is 8.49. The molecule has 1 unspecified atom stereocenters. The number of nitrogens with one attached hydrogen (secondary N) is 1. The summed E-state index contributed by atoms with van der Waals surface area (Å²) in [7, 11) is 0. The predicted molar refractivity (Wildman–Crippen MR) is 83.5 cm³/mol. The van der Waals surface area contributed by atoms with E-state index in [1.807, 2.05) is 0 Å². The van der Waals surface area contributed by atoms with Crippen molar-refractivity contribution in [2.45, 2.75) is 71.8 Å². The van der Waals surface area contributed by atoms with Gasteiger partial charge >= 0.3 is 0 Å². The molecule has 1 saturated heterocycles. The zero-order valence-corrected chi connectivity index (χ0v) is 13.4. The summed E-state index contributed by atoms with van der Waals surface area (Å²) in [5.41, 5.74) is 0.408. The van der Waals surface area contributed by atoms with Crippen molar-refractivity contribution < 1.29 is 0 Å². The molecule has 0 radical (unpaired) electrons. The molecular formula is C17H34N2. The van der Waals surface area contributed by atoms with E-state index in [2.05, 4.69) is 31.0 Å². The Hall–Kier alpha value is -0.0800. The third kappa shape index (κ3) is 5.83. The minimum absolute atomic E-state index is 0.408. The van der Waals surface area contributed by atoms with Gasteiger partial charge in [0.15, 0.2) is 0 Å². The molecule has 1 saturated carbocycles. The smallest absolute Gasteiger partial charge is 0.0195 e. The van der Waals surface area contributed by atoms with E-state index in [-0.39, 0.29) is 0 Å². The van der Waals surface area contributed by atoms with Gasteiger partial charge in [0, 0.05) is 25.7 Å². The Bertz CT molecular complexity index is 250. The van der Waals surface area contributed by atoms with Gasteiger partial charge in [-0.2, -0.15) is 0 Å². The maximum absolute atomic E-state index is 3.79. The van der Waals surface area contributed by atoms with E-state index in [0.29, 0.717) is 5.41 Å². The summed E-state index contributed by atoms with van der Waals surface area (Å²) in [5.74, 6) is 0.995. The molecule has 1 aliphatic heterocycles. The summed E-state index contributed by atoms with van der Waals surface area (Å²) in [6.45, 7) is 12.1. The minimum Gasteiger partial charge on any atom is -0.312 e. The molecule has 1 atom stereocenters. The molecule has 0 bridgehead atoms. The van der Waals surface area contributed by atoms with Gasteiger partial charge < -0.3 is 10.2 Å². The zero-order chi connectivity index (χ0) is 13.7. The van der Waals surface area contributed by atoms with Gasteiger partial charge in [-0.3, -0.25) is 0 Å². The van der Waals surface area contributed by atoms with E-state index >= 15 is 0 Å². The number of likely N-dealkylation sites (tertiary alicyclic amines) is 1. The number of piperidine rings is 1. The average molecular weight is 266 g/mol. The van der Waals surface area contributed by atoms with Crippen molar-refractivity contribution >= 4 is 0 Å². The van der Waals surface area contributed by atoms with Crippen LogP contribution in [-0.4, -0.2) is 37.1 Å². The maximum Gasteiger partial charge on any atom is 0.0195 e. The highest BCUT2D eigenvalue weighted by Gasteiger charge is 2.24. The monoisotopic (exact) mass is 266 g/mol. The average Bonchev–Trinajstić information content (AvgIpc) is 2.37. The van der Waals surface area contributed by atoms with E-state index < -0.39 is 0 Å². The minimum atomic E-state index is 0.408. The normalized spacial score (nSPS) is 27.6. The van der Waals surface area contributed by atoms with Crippen LogP contribution < -0.4 is 5.32 Å². The van der Waals surface area contributed by atoms with Gasteiger partial charge in [0.1, 0.15) is 0 Å². The van der Waals surface area contributed by atoms with Crippen LogP contribution in [0.15, 0.2) is 0 Å². The van der Waals surface area contributed by atoms with Crippen LogP contribution in [0.3, 0.4) is 0 Å². The largest absolute Gasteiger partial charge is 0.312 e. The Morgan fingerprint density at radius 2 is 1.74 bits per heavy atom. The van der Waals surface area contributed by atoms with Crippen molar-refractivity contribution in [1.82, 2.24) is 10.2 Å². The first-order chi connectivity index (χ1) is 9.03. The van der Waals surface area contributed by atoms with Gasteiger partial charge in [-0.25, -0.2) is 0 Å². The van der Waals surface area contributed by atoms with E-state index in [9.17, 15) is 0 Å². The van der Waals surface area contributed by atoms with E-state index in [1.165, 1.54) is 64.6 Å². The molecule has 0 amide bonds. The second-order valence-corrected chi connectivity index (χ2v) is 8.04. The van der Waals surface area contributed by atoms with Crippen molar-refractivity contribution in [3.8, 4) is 0 Å². The molecule has 1 heterocycles. The van der Waals surface area contributed by atoms with Crippen LogP contribution in [0.5, 0.6) is 0 Å². The van der Waals surface area contributed by atoms with Crippen LogP contribution in [0.1, 0.15) is 65.7 Å². The Morgan fingerprint density at radius 1 is 1.00 bits per heavy atom. The van der Waals surface area contributed by atoms with Crippen molar-refractivity contribution in [3.05, 3.63) is 0 Å². The summed E-state index contributed by atoms with van der Waals surface area (Å²) in [4.78, 5) is 2.74. The fourth-order valence-corrected chi connectivity index (χ4v) is 3.57. The number of hydrogen-bond donors (Lipinski definition) is 1. The van der Waals surface area contributed by atoms with Crippen molar-refractivity contribution in [1.29, 1.82) is 0 Å². The summed E-state index contributed by atoms with van der Waals surface area (Å²) >= 11 is 0. The Labute approximate surface area is 120 Å². The second-order valence-electron chi connectivity index (χ2n) is 8.04. The standard InChI is InChI=1S/C17H34N2/c1-17(2,3)14-18-16-10-7-11-19(13-16)12-15-8-5-4-6-9-15/h15-16,18H,4-14H2,1-3H3. The summed E-state index contributed by atoms with van der Waals surface area (Å²) in [5, 5.41) is 3.79. The highest BCUT2D eigenvalue weighted by molar-refractivity contribution is 4.82. The fourth-order valence-electron chi connectivity index (χ4n) is 3.57. The van der Waals surface area contributed by atoms with Crippen LogP contribution >= 0.6 is 0 Å². The number of nitrogens with zero attached hydrogens (tertiary/aromatic N) is 1. The molecule has 112 valence electrons. The van der Waals surface area contributed by atoms with Crippen LogP contribution in [0.4, 0.5) is 0 Å². The molecule has 0 spiro atoms. The Kier molecular flexibility index (Phi) is 5.70. The molecule has 2 heteroatoms. The van der Waals surface area contributed by atoms with Crippen LogP contribution in [0, 0.1) is 11.3 Å². The Balaban J connectivity index is 1.70. The lowest BCUT2D eigenvalue weighted by Crippen LogP contribution is -2.48. The van der Waals surface area contributed by atoms with Gasteiger partial charge in [0.25, 0.3) is 0 Å². The quantitative estimate of drug-likeness (QED) is 0.835. The van der Waals surface area contributed by atoms with Gasteiger partial charge in [0.2, 0.25) is 0 Å². The van der Waals surface area contributed by atoms with Gasteiger partial charge in [-0.05, 0) is 43.6 Å². The van der Waals surface area contributed by atoms with E-state index in [0.717, 1.165) is 18.5 Å². The van der Waals surface area contributed by atoms with Gasteiger partial charge in [-0.15, -0.1) is 0 Å². The van der Waals surface area contributed by atoms with Gasteiger partial charge in [0.05, 0.1) is 0 Å². The third-order valence-corrected chi connectivity index (χ3v) is 4.67. The maximum atomic E-state index is 3.79. The molecule has 0 aromatic rings. The lowest BCUT2D eigenvalue weighted by molar-refractivity contribution is 0.145. The molecule has 2 rings (SSSR count). The Morgan fingerprint density at radius 3 is 2.42 bits per heavy atom. The first-order valence-corrected chi connectivity index (χ1v) is 8.49. The highest BCUT2D eigenvalue weighted by atomic mass is 15.2. The molecule has 1 aliphatic carbocycles. The topological polar surface area (TPSA) is 15.3 Å². The molecular weight excluding hydrogens is 232 g/mol. The number of rotatable bonds is 4. The van der Waals surface area contributed by atoms with Crippen LogP contribution in [0.2, 0.25) is 0 Å². The first kappa shape index (κ1) is 15.3. The van der Waals surface area contributed by atoms with Crippen LogP contribution in [-0.2, 0) is 0 Å². The van der Waals surface area contributed by atoms with E-state index in [4.69, 9.17) is 0 Å². The van der Waals surface area contributed by atoms with Crippen molar-refractivity contribution in [2.24, 2.45) is 11.3 Å². The van der Waals surface area contributed by atoms with E-state index in [1.54, 1.807) is 0 Å².